The van der Waals surface area contributed by atoms with Crippen LogP contribution < -0.4 is 21.3 Å². The van der Waals surface area contributed by atoms with Crippen molar-refractivity contribution in [3.8, 4) is 27.9 Å². The van der Waals surface area contributed by atoms with Crippen LogP contribution in [0.25, 0.3) is 44.9 Å². The first-order chi connectivity index (χ1) is 27.9. The fraction of sp³-hybridized carbons (Fsp3) is 0.148. The molecule has 0 radical (unpaired) electrons. The number of rotatable bonds is 7. The molecule has 0 unspecified atom stereocenters. The average molecular weight is 735 g/mol. The number of benzene rings is 7. The largest absolute Gasteiger partial charge is 0.311 e. The summed E-state index contributed by atoms with van der Waals surface area (Å²) in [6, 6.07) is 54.5. The molecule has 8 aromatic rings. The standard InChI is InChI=1S/C54H47BN2/c1-6-39-33-41(40-29-31-42(32-30-40)56(49-26-12-8-18-36(49)3)50-27-13-9-19-37(50)4)34-52-53(39)55(47-24-15-22-44(38(47)5)43-20-10-7-17-35(43)2)48-25-16-23-46-45-21-11-14-28-51(45)57(52)54(46)48/h7-10,12-20,22-34H,6,11,21H2,1-5H3. The number of aromatic nitrogens is 1. The fourth-order valence-electron chi connectivity index (χ4n) is 9.92. The van der Waals surface area contributed by atoms with Crippen molar-refractivity contribution in [3.05, 3.63) is 191 Å². The molecular weight excluding hydrogens is 687 g/mol. The highest BCUT2D eigenvalue weighted by Gasteiger charge is 2.37. The first-order valence-corrected chi connectivity index (χ1v) is 20.6. The van der Waals surface area contributed by atoms with Crippen molar-refractivity contribution in [2.45, 2.75) is 53.9 Å². The summed E-state index contributed by atoms with van der Waals surface area (Å²) in [5.41, 5.74) is 25.0. The van der Waals surface area contributed by atoms with Crippen LogP contribution in [0.1, 0.15) is 52.4 Å². The molecule has 0 amide bonds. The van der Waals surface area contributed by atoms with E-state index in [0.717, 1.165) is 24.9 Å². The lowest BCUT2D eigenvalue weighted by molar-refractivity contribution is 0.967. The molecule has 0 N–H and O–H groups in total. The molecule has 1 aliphatic carbocycles. The number of hydrogen-bond donors (Lipinski definition) is 0. The third-order valence-corrected chi connectivity index (χ3v) is 12.8. The maximum absolute atomic E-state index is 2.62. The number of para-hydroxylation sites is 3. The number of allylic oxidation sites excluding steroid dienone is 1. The normalized spacial score (nSPS) is 12.8. The van der Waals surface area contributed by atoms with E-state index >= 15 is 0 Å². The van der Waals surface area contributed by atoms with Gasteiger partial charge in [0.2, 0.25) is 6.71 Å². The summed E-state index contributed by atoms with van der Waals surface area (Å²) in [5, 5.41) is 1.40. The van der Waals surface area contributed by atoms with Gasteiger partial charge in [-0.05, 0) is 144 Å². The van der Waals surface area contributed by atoms with Gasteiger partial charge in [-0.3, -0.25) is 0 Å². The number of nitrogens with zero attached hydrogens (tertiary/aromatic N) is 2. The molecule has 2 heterocycles. The monoisotopic (exact) mass is 734 g/mol. The van der Waals surface area contributed by atoms with Gasteiger partial charge in [0.25, 0.3) is 0 Å². The SMILES string of the molecule is CCc1cc(-c2ccc(N(c3ccccc3C)c3ccccc3C)cc2)cc2c1B(c1cccc(-c3ccccc3C)c1C)c1cccc3c4c(n-2c13)C=CCC4. The molecule has 1 aromatic heterocycles. The zero-order valence-corrected chi connectivity index (χ0v) is 33.6. The van der Waals surface area contributed by atoms with Gasteiger partial charge in [0.15, 0.2) is 0 Å². The van der Waals surface area contributed by atoms with E-state index in [4.69, 9.17) is 0 Å². The Morgan fingerprint density at radius 2 is 1.26 bits per heavy atom. The van der Waals surface area contributed by atoms with Crippen LogP contribution in [0.15, 0.2) is 152 Å². The average Bonchev–Trinajstić information content (AvgIpc) is 3.58. The number of anilines is 3. The molecular formula is C54H47BN2. The van der Waals surface area contributed by atoms with Crippen LogP contribution in [0, 0.1) is 27.7 Å². The minimum Gasteiger partial charge on any atom is -0.311 e. The third-order valence-electron chi connectivity index (χ3n) is 12.8. The van der Waals surface area contributed by atoms with E-state index in [1.54, 1.807) is 0 Å². The van der Waals surface area contributed by atoms with Gasteiger partial charge in [0.05, 0.1) is 0 Å². The van der Waals surface area contributed by atoms with Gasteiger partial charge < -0.3 is 9.47 Å². The zero-order chi connectivity index (χ0) is 38.8. The Bertz CT molecular complexity index is 2850. The van der Waals surface area contributed by atoms with E-state index in [-0.39, 0.29) is 6.71 Å². The van der Waals surface area contributed by atoms with Gasteiger partial charge >= 0.3 is 0 Å². The van der Waals surface area contributed by atoms with Crippen molar-refractivity contribution in [1.82, 2.24) is 4.57 Å². The molecule has 0 saturated heterocycles. The maximum Gasteiger partial charge on any atom is 0.247 e. The van der Waals surface area contributed by atoms with E-state index < -0.39 is 0 Å². The fourth-order valence-corrected chi connectivity index (χ4v) is 9.92. The second kappa shape index (κ2) is 14.0. The number of fused-ring (bicyclic) bond motifs is 5. The molecule has 0 atom stereocenters. The van der Waals surface area contributed by atoms with Crippen LogP contribution in [-0.4, -0.2) is 11.3 Å². The molecule has 0 saturated carbocycles. The van der Waals surface area contributed by atoms with Gasteiger partial charge in [0.1, 0.15) is 0 Å². The Hall–Kier alpha value is -6.32. The lowest BCUT2D eigenvalue weighted by Crippen LogP contribution is -2.58. The molecule has 276 valence electrons. The van der Waals surface area contributed by atoms with Crippen molar-refractivity contribution in [2.24, 2.45) is 0 Å². The predicted molar refractivity (Wildman–Crippen MR) is 246 cm³/mol. The number of aryl methyl sites for hydroxylation is 5. The smallest absolute Gasteiger partial charge is 0.247 e. The van der Waals surface area contributed by atoms with Gasteiger partial charge in [-0.25, -0.2) is 0 Å². The van der Waals surface area contributed by atoms with Crippen LogP contribution >= 0.6 is 0 Å². The summed E-state index contributed by atoms with van der Waals surface area (Å²) in [6.45, 7) is 11.4. The second-order valence-corrected chi connectivity index (χ2v) is 16.0. The van der Waals surface area contributed by atoms with Crippen molar-refractivity contribution < 1.29 is 0 Å². The van der Waals surface area contributed by atoms with Crippen LogP contribution in [0.5, 0.6) is 0 Å². The van der Waals surface area contributed by atoms with Crippen LogP contribution in [0.3, 0.4) is 0 Å². The summed E-state index contributed by atoms with van der Waals surface area (Å²) in [4.78, 5) is 2.41. The number of hydrogen-bond acceptors (Lipinski definition) is 1. The molecule has 57 heavy (non-hydrogen) atoms. The lowest BCUT2D eigenvalue weighted by atomic mass is 9.34. The molecule has 10 rings (SSSR count). The molecule has 7 aromatic carbocycles. The molecule has 0 bridgehead atoms. The summed E-state index contributed by atoms with van der Waals surface area (Å²) < 4.78 is 2.62. The first kappa shape index (κ1) is 35.1. The summed E-state index contributed by atoms with van der Waals surface area (Å²) >= 11 is 0. The van der Waals surface area contributed by atoms with Crippen molar-refractivity contribution in [1.29, 1.82) is 0 Å². The predicted octanol–water partition coefficient (Wildman–Crippen LogP) is 12.0. The topological polar surface area (TPSA) is 8.17 Å². The molecule has 0 spiro atoms. The Morgan fingerprint density at radius 3 is 1.96 bits per heavy atom. The Balaban J connectivity index is 1.18. The molecule has 1 aliphatic heterocycles. The van der Waals surface area contributed by atoms with Gasteiger partial charge in [-0.1, -0.05) is 139 Å². The van der Waals surface area contributed by atoms with Gasteiger partial charge in [0, 0.05) is 39.3 Å². The molecule has 2 nitrogen and oxygen atoms in total. The van der Waals surface area contributed by atoms with E-state index in [9.17, 15) is 0 Å². The van der Waals surface area contributed by atoms with E-state index in [1.165, 1.54) is 106 Å². The molecule has 3 heteroatoms. The molecule has 2 aliphatic rings. The third kappa shape index (κ3) is 5.63. The van der Waals surface area contributed by atoms with Crippen LogP contribution in [0.4, 0.5) is 17.1 Å². The van der Waals surface area contributed by atoms with Crippen molar-refractivity contribution >= 4 is 57.1 Å². The van der Waals surface area contributed by atoms with E-state index in [0.29, 0.717) is 0 Å². The lowest BCUT2D eigenvalue weighted by Gasteiger charge is -2.31. The Morgan fingerprint density at radius 1 is 0.614 bits per heavy atom. The van der Waals surface area contributed by atoms with Crippen molar-refractivity contribution in [2.75, 3.05) is 4.90 Å². The van der Waals surface area contributed by atoms with Gasteiger partial charge in [-0.15, -0.1) is 0 Å². The zero-order valence-electron chi connectivity index (χ0n) is 33.6. The second-order valence-electron chi connectivity index (χ2n) is 16.0. The summed E-state index contributed by atoms with van der Waals surface area (Å²) in [6.07, 6.45) is 7.85. The Labute approximate surface area is 337 Å². The minimum absolute atomic E-state index is 0.114. The maximum atomic E-state index is 2.62. The highest BCUT2D eigenvalue weighted by Crippen LogP contribution is 2.41. The Kier molecular flexibility index (Phi) is 8.63. The quantitative estimate of drug-likeness (QED) is 0.148. The highest BCUT2D eigenvalue weighted by atomic mass is 15.1. The van der Waals surface area contributed by atoms with Gasteiger partial charge in [-0.2, -0.15) is 0 Å². The highest BCUT2D eigenvalue weighted by molar-refractivity contribution is 6.98. The van der Waals surface area contributed by atoms with Crippen LogP contribution in [0.2, 0.25) is 0 Å². The molecule has 0 fully saturated rings. The van der Waals surface area contributed by atoms with Crippen molar-refractivity contribution in [3.63, 3.8) is 0 Å². The van der Waals surface area contributed by atoms with Crippen LogP contribution in [-0.2, 0) is 12.8 Å². The minimum atomic E-state index is 0.114. The van der Waals surface area contributed by atoms with E-state index in [2.05, 4.69) is 202 Å². The van der Waals surface area contributed by atoms with E-state index in [1.807, 2.05) is 0 Å². The summed E-state index contributed by atoms with van der Waals surface area (Å²) in [7, 11) is 0. The first-order valence-electron chi connectivity index (χ1n) is 20.6. The summed E-state index contributed by atoms with van der Waals surface area (Å²) in [5.74, 6) is 0.